The number of nitrogens with zero attached hydrogens (tertiary/aromatic N) is 3. The summed E-state index contributed by atoms with van der Waals surface area (Å²) in [6.45, 7) is 6.55. The molecule has 0 aliphatic heterocycles. The highest BCUT2D eigenvalue weighted by Crippen LogP contribution is 2.10. The molecule has 0 amide bonds. The molecule has 1 aromatic rings. The van der Waals surface area contributed by atoms with Crippen LogP contribution >= 0.6 is 0 Å². The second-order valence-corrected chi connectivity index (χ2v) is 3.40. The van der Waals surface area contributed by atoms with Crippen molar-refractivity contribution < 1.29 is 9.90 Å². The van der Waals surface area contributed by atoms with E-state index >= 15 is 0 Å². The van der Waals surface area contributed by atoms with Crippen LogP contribution in [0.15, 0.2) is 6.20 Å². The number of aryl methyl sites for hydroxylation is 1. The molecule has 0 unspecified atom stereocenters. The van der Waals surface area contributed by atoms with Gasteiger partial charge >= 0.3 is 5.97 Å². The largest absolute Gasteiger partial charge is 0.478 e. The summed E-state index contributed by atoms with van der Waals surface area (Å²) in [6.07, 6.45) is 1.40. The fraction of sp³-hybridized carbons (Fsp3) is 0.600. The highest BCUT2D eigenvalue weighted by molar-refractivity contribution is 5.88. The summed E-state index contributed by atoms with van der Waals surface area (Å²) in [5.41, 5.74) is 1.05. The summed E-state index contributed by atoms with van der Waals surface area (Å²) in [6, 6.07) is 0. The van der Waals surface area contributed by atoms with Crippen molar-refractivity contribution in [2.24, 2.45) is 7.05 Å². The highest BCUT2D eigenvalue weighted by Gasteiger charge is 2.16. The second kappa shape index (κ2) is 4.93. The zero-order chi connectivity index (χ0) is 11.4. The van der Waals surface area contributed by atoms with Gasteiger partial charge in [-0.05, 0) is 13.1 Å². The maximum atomic E-state index is 10.9. The number of aromatic nitrogens is 2. The van der Waals surface area contributed by atoms with Crippen LogP contribution in [0.2, 0.25) is 0 Å². The molecule has 0 aliphatic rings. The summed E-state index contributed by atoms with van der Waals surface area (Å²) in [7, 11) is 1.77. The molecule has 5 heteroatoms. The molecule has 84 valence electrons. The maximum Gasteiger partial charge on any atom is 0.339 e. The first-order valence-corrected chi connectivity index (χ1v) is 5.06. The van der Waals surface area contributed by atoms with E-state index in [1.165, 1.54) is 6.20 Å². The van der Waals surface area contributed by atoms with Gasteiger partial charge in [-0.3, -0.25) is 9.58 Å². The number of rotatable bonds is 5. The van der Waals surface area contributed by atoms with Gasteiger partial charge in [0.25, 0.3) is 0 Å². The minimum absolute atomic E-state index is 0.296. The summed E-state index contributed by atoms with van der Waals surface area (Å²) in [5, 5.41) is 12.9. The van der Waals surface area contributed by atoms with Crippen LogP contribution in [0.1, 0.15) is 29.9 Å². The van der Waals surface area contributed by atoms with Gasteiger partial charge in [-0.15, -0.1) is 0 Å². The quantitative estimate of drug-likeness (QED) is 0.788. The normalized spacial score (nSPS) is 10.9. The van der Waals surface area contributed by atoms with Gasteiger partial charge in [-0.2, -0.15) is 5.10 Å². The van der Waals surface area contributed by atoms with Gasteiger partial charge in [0.1, 0.15) is 5.56 Å². The lowest BCUT2D eigenvalue weighted by Crippen LogP contribution is -2.24. The lowest BCUT2D eigenvalue weighted by molar-refractivity contribution is 0.0694. The van der Waals surface area contributed by atoms with E-state index in [0.29, 0.717) is 12.1 Å². The van der Waals surface area contributed by atoms with Gasteiger partial charge in [0, 0.05) is 13.6 Å². The fourth-order valence-electron chi connectivity index (χ4n) is 1.49. The molecule has 0 bridgehead atoms. The average Bonchev–Trinajstić information content (AvgIpc) is 2.56. The van der Waals surface area contributed by atoms with E-state index in [1.807, 2.05) is 0 Å². The Hall–Kier alpha value is -1.36. The van der Waals surface area contributed by atoms with E-state index in [9.17, 15) is 4.79 Å². The summed E-state index contributed by atoms with van der Waals surface area (Å²) in [4.78, 5) is 13.1. The zero-order valence-electron chi connectivity index (χ0n) is 9.40. The van der Waals surface area contributed by atoms with Crippen LogP contribution in [0, 0.1) is 0 Å². The number of hydrogen-bond donors (Lipinski definition) is 1. The predicted octanol–water partition coefficient (Wildman–Crippen LogP) is 0.960. The SMILES string of the molecule is CCN(CC)Cc1c(C(=O)O)cnn1C. The molecule has 15 heavy (non-hydrogen) atoms. The van der Waals surface area contributed by atoms with E-state index in [1.54, 1.807) is 11.7 Å². The molecule has 0 aliphatic carbocycles. The fourth-order valence-corrected chi connectivity index (χ4v) is 1.49. The Morgan fingerprint density at radius 2 is 2.13 bits per heavy atom. The van der Waals surface area contributed by atoms with Crippen molar-refractivity contribution >= 4 is 5.97 Å². The van der Waals surface area contributed by atoms with Crippen molar-refractivity contribution in [3.63, 3.8) is 0 Å². The van der Waals surface area contributed by atoms with Crippen molar-refractivity contribution in [2.75, 3.05) is 13.1 Å². The van der Waals surface area contributed by atoms with E-state index in [4.69, 9.17) is 5.11 Å². The van der Waals surface area contributed by atoms with E-state index < -0.39 is 5.97 Å². The monoisotopic (exact) mass is 211 g/mol. The predicted molar refractivity (Wildman–Crippen MR) is 56.8 cm³/mol. The standard InChI is InChI=1S/C10H17N3O2/c1-4-13(5-2)7-9-8(10(14)15)6-11-12(9)3/h6H,4-5,7H2,1-3H3,(H,14,15). The van der Waals surface area contributed by atoms with Gasteiger partial charge in [0.15, 0.2) is 0 Å². The Labute approximate surface area is 89.3 Å². The summed E-state index contributed by atoms with van der Waals surface area (Å²) in [5.74, 6) is -0.912. The minimum Gasteiger partial charge on any atom is -0.478 e. The molecule has 1 N–H and O–H groups in total. The number of carboxylic acids is 1. The minimum atomic E-state index is -0.912. The molecule has 0 radical (unpaired) electrons. The third kappa shape index (κ3) is 2.56. The molecular weight excluding hydrogens is 194 g/mol. The lowest BCUT2D eigenvalue weighted by Gasteiger charge is -2.18. The van der Waals surface area contributed by atoms with Gasteiger partial charge in [-0.25, -0.2) is 4.79 Å². The van der Waals surface area contributed by atoms with Crippen molar-refractivity contribution in [2.45, 2.75) is 20.4 Å². The molecule has 1 aromatic heterocycles. The summed E-state index contributed by atoms with van der Waals surface area (Å²) < 4.78 is 1.63. The molecule has 5 nitrogen and oxygen atoms in total. The topological polar surface area (TPSA) is 58.4 Å². The zero-order valence-corrected chi connectivity index (χ0v) is 9.40. The highest BCUT2D eigenvalue weighted by atomic mass is 16.4. The third-order valence-corrected chi connectivity index (χ3v) is 2.56. The maximum absolute atomic E-state index is 10.9. The summed E-state index contributed by atoms with van der Waals surface area (Å²) >= 11 is 0. The molecule has 0 fully saturated rings. The number of carboxylic acid groups (broad SMARTS) is 1. The van der Waals surface area contributed by atoms with Crippen molar-refractivity contribution in [1.82, 2.24) is 14.7 Å². The molecule has 1 rings (SSSR count). The Kier molecular flexibility index (Phi) is 3.85. The van der Waals surface area contributed by atoms with E-state index in [-0.39, 0.29) is 0 Å². The molecule has 1 heterocycles. The molecule has 0 saturated heterocycles. The van der Waals surface area contributed by atoms with Crippen LogP contribution in [-0.4, -0.2) is 38.8 Å². The molecule has 0 saturated carbocycles. The van der Waals surface area contributed by atoms with Crippen molar-refractivity contribution in [3.8, 4) is 0 Å². The first-order chi connectivity index (χ1) is 7.10. The Morgan fingerprint density at radius 3 is 2.60 bits per heavy atom. The van der Waals surface area contributed by atoms with Gasteiger partial charge in [0.05, 0.1) is 11.9 Å². The van der Waals surface area contributed by atoms with Crippen LogP contribution in [0.25, 0.3) is 0 Å². The van der Waals surface area contributed by atoms with Crippen LogP contribution in [0.5, 0.6) is 0 Å². The smallest absolute Gasteiger partial charge is 0.339 e. The van der Waals surface area contributed by atoms with Gasteiger partial charge < -0.3 is 5.11 Å². The molecular formula is C10H17N3O2. The lowest BCUT2D eigenvalue weighted by atomic mass is 10.2. The van der Waals surface area contributed by atoms with Crippen LogP contribution in [0.4, 0.5) is 0 Å². The Balaban J connectivity index is 2.91. The number of carbonyl (C=O) groups is 1. The third-order valence-electron chi connectivity index (χ3n) is 2.56. The second-order valence-electron chi connectivity index (χ2n) is 3.40. The molecule has 0 spiro atoms. The molecule has 0 aromatic carbocycles. The van der Waals surface area contributed by atoms with Crippen LogP contribution < -0.4 is 0 Å². The first kappa shape index (κ1) is 11.7. The number of aromatic carboxylic acids is 1. The first-order valence-electron chi connectivity index (χ1n) is 5.06. The van der Waals surface area contributed by atoms with Crippen molar-refractivity contribution in [1.29, 1.82) is 0 Å². The van der Waals surface area contributed by atoms with Gasteiger partial charge in [0.2, 0.25) is 0 Å². The van der Waals surface area contributed by atoms with Crippen LogP contribution in [-0.2, 0) is 13.6 Å². The Bertz CT molecular complexity index is 342. The van der Waals surface area contributed by atoms with Crippen LogP contribution in [0.3, 0.4) is 0 Å². The Morgan fingerprint density at radius 1 is 1.53 bits per heavy atom. The van der Waals surface area contributed by atoms with E-state index in [2.05, 4.69) is 23.8 Å². The van der Waals surface area contributed by atoms with Crippen molar-refractivity contribution in [3.05, 3.63) is 17.5 Å². The average molecular weight is 211 g/mol. The number of hydrogen-bond acceptors (Lipinski definition) is 3. The van der Waals surface area contributed by atoms with E-state index in [0.717, 1.165) is 18.8 Å². The van der Waals surface area contributed by atoms with Gasteiger partial charge in [-0.1, -0.05) is 13.8 Å². The molecule has 0 atom stereocenters.